The quantitative estimate of drug-likeness (QED) is 0.759. The van der Waals surface area contributed by atoms with Crippen LogP contribution in [0.5, 0.6) is 5.75 Å². The van der Waals surface area contributed by atoms with Crippen molar-refractivity contribution < 1.29 is 4.74 Å². The van der Waals surface area contributed by atoms with Gasteiger partial charge in [-0.2, -0.15) is 0 Å². The van der Waals surface area contributed by atoms with Crippen LogP contribution in [-0.2, 0) is 6.42 Å². The summed E-state index contributed by atoms with van der Waals surface area (Å²) < 4.78 is 5.29. The highest BCUT2D eigenvalue weighted by molar-refractivity contribution is 5.29. The van der Waals surface area contributed by atoms with Crippen molar-refractivity contribution in [3.8, 4) is 5.75 Å². The van der Waals surface area contributed by atoms with Crippen molar-refractivity contribution in [2.45, 2.75) is 46.1 Å². The molecule has 0 heterocycles. The zero-order valence-corrected chi connectivity index (χ0v) is 12.2. The minimum Gasteiger partial charge on any atom is -0.497 e. The highest BCUT2D eigenvalue weighted by atomic mass is 16.5. The minimum atomic E-state index is 0.567. The van der Waals surface area contributed by atoms with Crippen molar-refractivity contribution in [2.75, 3.05) is 13.7 Å². The van der Waals surface area contributed by atoms with Gasteiger partial charge in [0.25, 0.3) is 0 Å². The monoisotopic (exact) mass is 249 g/mol. The minimum absolute atomic E-state index is 0.567. The summed E-state index contributed by atoms with van der Waals surface area (Å²) in [5, 5.41) is 3.63. The summed E-state index contributed by atoms with van der Waals surface area (Å²) in [6, 6.07) is 8.98. The lowest BCUT2D eigenvalue weighted by Gasteiger charge is -2.26. The molecule has 0 radical (unpaired) electrons. The number of likely N-dealkylation sites (N-methyl/N-ethyl adjacent to an activating group) is 1. The largest absolute Gasteiger partial charge is 0.497 e. The van der Waals surface area contributed by atoms with Gasteiger partial charge in [-0.05, 0) is 36.6 Å². The Kier molecular flexibility index (Phi) is 6.81. The van der Waals surface area contributed by atoms with Gasteiger partial charge in [0.15, 0.2) is 0 Å². The fourth-order valence-corrected chi connectivity index (χ4v) is 2.58. The van der Waals surface area contributed by atoms with Crippen molar-refractivity contribution in [3.05, 3.63) is 29.8 Å². The third-order valence-corrected chi connectivity index (χ3v) is 3.67. The van der Waals surface area contributed by atoms with E-state index < -0.39 is 0 Å². The number of nitrogens with one attached hydrogen (secondary N) is 1. The molecule has 2 heteroatoms. The van der Waals surface area contributed by atoms with Crippen LogP contribution in [0.15, 0.2) is 24.3 Å². The number of benzene rings is 1. The zero-order chi connectivity index (χ0) is 13.4. The van der Waals surface area contributed by atoms with Gasteiger partial charge in [-0.25, -0.2) is 0 Å². The predicted molar refractivity (Wildman–Crippen MR) is 78.2 cm³/mol. The van der Waals surface area contributed by atoms with E-state index in [1.807, 2.05) is 6.07 Å². The molecule has 0 aliphatic carbocycles. The van der Waals surface area contributed by atoms with Crippen LogP contribution in [0.1, 0.15) is 39.2 Å². The smallest absolute Gasteiger partial charge is 0.119 e. The van der Waals surface area contributed by atoms with Gasteiger partial charge in [-0.15, -0.1) is 0 Å². The van der Waals surface area contributed by atoms with Crippen LogP contribution >= 0.6 is 0 Å². The predicted octanol–water partition coefficient (Wildman–Crippen LogP) is 3.65. The maximum atomic E-state index is 5.29. The summed E-state index contributed by atoms with van der Waals surface area (Å²) in [6.07, 6.45) is 3.55. The molecule has 0 aliphatic rings. The Balaban J connectivity index is 2.75. The van der Waals surface area contributed by atoms with E-state index >= 15 is 0 Å². The van der Waals surface area contributed by atoms with E-state index in [2.05, 4.69) is 44.3 Å². The van der Waals surface area contributed by atoms with E-state index in [0.717, 1.165) is 24.6 Å². The molecule has 0 amide bonds. The average Bonchev–Trinajstić information content (AvgIpc) is 2.40. The Morgan fingerprint density at radius 1 is 1.17 bits per heavy atom. The molecule has 18 heavy (non-hydrogen) atoms. The normalized spacial score (nSPS) is 12.7. The summed E-state index contributed by atoms with van der Waals surface area (Å²) in [4.78, 5) is 0. The van der Waals surface area contributed by atoms with Gasteiger partial charge in [0.05, 0.1) is 7.11 Å². The molecule has 0 fully saturated rings. The summed E-state index contributed by atoms with van der Waals surface area (Å²) in [5.41, 5.74) is 1.35. The van der Waals surface area contributed by atoms with Gasteiger partial charge >= 0.3 is 0 Å². The number of hydrogen-bond donors (Lipinski definition) is 1. The van der Waals surface area contributed by atoms with Crippen LogP contribution in [-0.4, -0.2) is 19.7 Å². The zero-order valence-electron chi connectivity index (χ0n) is 12.2. The van der Waals surface area contributed by atoms with Crippen LogP contribution in [0.25, 0.3) is 0 Å². The first-order chi connectivity index (χ1) is 8.74. The molecule has 1 unspecified atom stereocenters. The van der Waals surface area contributed by atoms with E-state index in [0.29, 0.717) is 6.04 Å². The second kappa shape index (κ2) is 8.15. The van der Waals surface area contributed by atoms with Crippen LogP contribution in [0.3, 0.4) is 0 Å². The molecule has 0 aromatic heterocycles. The maximum Gasteiger partial charge on any atom is 0.119 e. The molecule has 0 saturated heterocycles. The standard InChI is InChI=1S/C16H27NO/c1-5-14(6-2)16(17-7-3)12-13-9-8-10-15(11-13)18-4/h8-11,14,16-17H,5-7,12H2,1-4H3. The van der Waals surface area contributed by atoms with E-state index in [1.54, 1.807) is 7.11 Å². The van der Waals surface area contributed by atoms with Gasteiger partial charge in [0, 0.05) is 6.04 Å². The van der Waals surface area contributed by atoms with E-state index in [9.17, 15) is 0 Å². The molecule has 1 aromatic carbocycles. The van der Waals surface area contributed by atoms with Crippen LogP contribution in [0.2, 0.25) is 0 Å². The van der Waals surface area contributed by atoms with Crippen molar-refractivity contribution in [1.82, 2.24) is 5.32 Å². The first-order valence-corrected chi connectivity index (χ1v) is 7.11. The Labute approximate surface area is 112 Å². The SMILES string of the molecule is CCNC(Cc1cccc(OC)c1)C(CC)CC. The molecule has 0 aliphatic heterocycles. The molecule has 1 atom stereocenters. The molecule has 0 saturated carbocycles. The second-order valence-electron chi connectivity index (χ2n) is 4.80. The van der Waals surface area contributed by atoms with Gasteiger partial charge < -0.3 is 10.1 Å². The molecule has 1 rings (SSSR count). The molecular weight excluding hydrogens is 222 g/mol. The van der Waals surface area contributed by atoms with E-state index in [4.69, 9.17) is 4.74 Å². The van der Waals surface area contributed by atoms with E-state index in [-0.39, 0.29) is 0 Å². The Bertz CT molecular complexity index is 334. The van der Waals surface area contributed by atoms with Gasteiger partial charge in [0.2, 0.25) is 0 Å². The molecule has 102 valence electrons. The Morgan fingerprint density at radius 2 is 1.89 bits per heavy atom. The Hall–Kier alpha value is -1.02. The highest BCUT2D eigenvalue weighted by Gasteiger charge is 2.17. The number of rotatable bonds is 8. The third kappa shape index (κ3) is 4.34. The topological polar surface area (TPSA) is 21.3 Å². The Morgan fingerprint density at radius 3 is 2.44 bits per heavy atom. The van der Waals surface area contributed by atoms with Crippen molar-refractivity contribution in [3.63, 3.8) is 0 Å². The first kappa shape index (κ1) is 15.0. The van der Waals surface area contributed by atoms with Gasteiger partial charge in [-0.1, -0.05) is 45.7 Å². The lowest BCUT2D eigenvalue weighted by Crippen LogP contribution is -2.37. The fourth-order valence-electron chi connectivity index (χ4n) is 2.58. The van der Waals surface area contributed by atoms with Crippen LogP contribution in [0, 0.1) is 5.92 Å². The first-order valence-electron chi connectivity index (χ1n) is 7.11. The number of hydrogen-bond acceptors (Lipinski definition) is 2. The lowest BCUT2D eigenvalue weighted by molar-refractivity contribution is 0.336. The van der Waals surface area contributed by atoms with Gasteiger partial charge in [-0.3, -0.25) is 0 Å². The van der Waals surface area contributed by atoms with Crippen molar-refractivity contribution in [2.24, 2.45) is 5.92 Å². The fraction of sp³-hybridized carbons (Fsp3) is 0.625. The molecular formula is C16H27NO. The molecule has 1 N–H and O–H groups in total. The number of ether oxygens (including phenoxy) is 1. The maximum absolute atomic E-state index is 5.29. The summed E-state index contributed by atoms with van der Waals surface area (Å²) in [6.45, 7) is 7.78. The highest BCUT2D eigenvalue weighted by Crippen LogP contribution is 2.20. The third-order valence-electron chi connectivity index (χ3n) is 3.67. The van der Waals surface area contributed by atoms with Crippen molar-refractivity contribution in [1.29, 1.82) is 0 Å². The average molecular weight is 249 g/mol. The van der Waals surface area contributed by atoms with Crippen LogP contribution in [0.4, 0.5) is 0 Å². The second-order valence-corrected chi connectivity index (χ2v) is 4.80. The van der Waals surface area contributed by atoms with E-state index in [1.165, 1.54) is 18.4 Å². The lowest BCUT2D eigenvalue weighted by atomic mass is 9.89. The number of methoxy groups -OCH3 is 1. The molecule has 0 spiro atoms. The summed E-state index contributed by atoms with van der Waals surface area (Å²) >= 11 is 0. The molecule has 2 nitrogen and oxygen atoms in total. The molecule has 0 bridgehead atoms. The van der Waals surface area contributed by atoms with Crippen LogP contribution < -0.4 is 10.1 Å². The van der Waals surface area contributed by atoms with Crippen molar-refractivity contribution >= 4 is 0 Å². The van der Waals surface area contributed by atoms with Gasteiger partial charge in [0.1, 0.15) is 5.75 Å². The summed E-state index contributed by atoms with van der Waals surface area (Å²) in [5.74, 6) is 1.70. The summed E-state index contributed by atoms with van der Waals surface area (Å²) in [7, 11) is 1.72. The molecule has 1 aromatic rings.